The summed E-state index contributed by atoms with van der Waals surface area (Å²) in [5, 5.41) is 2.75. The summed E-state index contributed by atoms with van der Waals surface area (Å²) in [5.74, 6) is -0.183. The number of rotatable bonds is 12. The number of quaternary nitrogens is 1. The number of nitrogens with two attached hydrogens (primary N) is 2. The molecule has 1 aromatic carbocycles. The number of unbranched alkanes of at least 4 members (excludes halogenated alkanes) is 1. The summed E-state index contributed by atoms with van der Waals surface area (Å²) >= 11 is 5.82. The average molecular weight is 462 g/mol. The van der Waals surface area contributed by atoms with E-state index in [1.54, 1.807) is 0 Å². The number of aromatic nitrogens is 2. The number of amides is 1. The SMILES string of the molecule is Cc1ccc(CCC(=O)CCCC[N+](C)(C)CCNC(=O)c2nc(Cl)c(N)nc2N)cc1. The minimum absolute atomic E-state index is 0.00727. The molecule has 1 aromatic heterocycles. The van der Waals surface area contributed by atoms with Crippen LogP contribution in [0.2, 0.25) is 5.15 Å². The summed E-state index contributed by atoms with van der Waals surface area (Å²) in [6.45, 7) is 4.15. The van der Waals surface area contributed by atoms with E-state index in [2.05, 4.69) is 60.6 Å². The summed E-state index contributed by atoms with van der Waals surface area (Å²) in [5.41, 5.74) is 13.6. The van der Waals surface area contributed by atoms with Gasteiger partial charge in [0.1, 0.15) is 5.78 Å². The third-order valence-electron chi connectivity index (χ3n) is 5.40. The Hall–Kier alpha value is -2.71. The predicted molar refractivity (Wildman–Crippen MR) is 128 cm³/mol. The molecule has 32 heavy (non-hydrogen) atoms. The number of benzene rings is 1. The van der Waals surface area contributed by atoms with E-state index in [9.17, 15) is 9.59 Å². The number of hydrogen-bond acceptors (Lipinski definition) is 6. The van der Waals surface area contributed by atoms with Crippen LogP contribution < -0.4 is 16.8 Å². The molecule has 0 aliphatic heterocycles. The van der Waals surface area contributed by atoms with Crippen LogP contribution in [0.3, 0.4) is 0 Å². The van der Waals surface area contributed by atoms with Crippen molar-refractivity contribution in [3.8, 4) is 0 Å². The summed E-state index contributed by atoms with van der Waals surface area (Å²) in [6.07, 6.45) is 3.82. The third-order valence-corrected chi connectivity index (χ3v) is 5.68. The van der Waals surface area contributed by atoms with Gasteiger partial charge in [-0.15, -0.1) is 0 Å². The highest BCUT2D eigenvalue weighted by atomic mass is 35.5. The fourth-order valence-electron chi connectivity index (χ4n) is 3.30. The number of carbonyl (C=O) groups is 2. The number of hydrogen-bond donors (Lipinski definition) is 3. The van der Waals surface area contributed by atoms with Gasteiger partial charge >= 0.3 is 0 Å². The van der Waals surface area contributed by atoms with Gasteiger partial charge in [-0.05, 0) is 31.7 Å². The highest BCUT2D eigenvalue weighted by Gasteiger charge is 2.18. The number of ketones is 1. The molecule has 1 amide bonds. The van der Waals surface area contributed by atoms with Crippen molar-refractivity contribution in [2.75, 3.05) is 45.2 Å². The molecule has 5 N–H and O–H groups in total. The monoisotopic (exact) mass is 461 g/mol. The molecule has 2 aromatic rings. The van der Waals surface area contributed by atoms with Crippen molar-refractivity contribution >= 4 is 34.9 Å². The fraction of sp³-hybridized carbons (Fsp3) is 0.478. The van der Waals surface area contributed by atoms with Crippen LogP contribution in [0, 0.1) is 6.92 Å². The third kappa shape index (κ3) is 8.43. The van der Waals surface area contributed by atoms with Crippen LogP contribution in [0.25, 0.3) is 0 Å². The van der Waals surface area contributed by atoms with Gasteiger partial charge in [0, 0.05) is 12.8 Å². The molecular formula is C23H34ClN6O2+. The Balaban J connectivity index is 1.64. The van der Waals surface area contributed by atoms with Gasteiger partial charge in [-0.3, -0.25) is 9.59 Å². The maximum atomic E-state index is 12.3. The van der Waals surface area contributed by atoms with Crippen LogP contribution in [0.5, 0.6) is 0 Å². The molecule has 1 heterocycles. The van der Waals surface area contributed by atoms with Crippen LogP contribution >= 0.6 is 11.6 Å². The van der Waals surface area contributed by atoms with E-state index in [1.807, 2.05) is 0 Å². The van der Waals surface area contributed by atoms with Gasteiger partial charge in [0.05, 0.1) is 33.7 Å². The van der Waals surface area contributed by atoms with Crippen molar-refractivity contribution in [3.63, 3.8) is 0 Å². The summed E-state index contributed by atoms with van der Waals surface area (Å²) in [4.78, 5) is 32.2. The molecule has 0 unspecified atom stereocenters. The molecule has 0 aliphatic rings. The first kappa shape index (κ1) is 25.5. The summed E-state index contributed by atoms with van der Waals surface area (Å²) < 4.78 is 0.724. The topological polar surface area (TPSA) is 124 Å². The normalized spacial score (nSPS) is 11.4. The number of nitrogens with zero attached hydrogens (tertiary/aromatic N) is 3. The second-order valence-corrected chi connectivity index (χ2v) is 9.11. The Morgan fingerprint density at radius 2 is 1.69 bits per heavy atom. The van der Waals surface area contributed by atoms with Crippen molar-refractivity contribution < 1.29 is 14.1 Å². The Bertz CT molecular complexity index is 931. The lowest BCUT2D eigenvalue weighted by Gasteiger charge is -2.29. The number of aryl methyl sites for hydroxylation is 2. The zero-order valence-corrected chi connectivity index (χ0v) is 19.9. The minimum Gasteiger partial charge on any atom is -0.382 e. The van der Waals surface area contributed by atoms with Crippen molar-refractivity contribution in [2.24, 2.45) is 0 Å². The first-order chi connectivity index (χ1) is 15.1. The quantitative estimate of drug-likeness (QED) is 0.330. The van der Waals surface area contributed by atoms with Crippen molar-refractivity contribution in [1.82, 2.24) is 15.3 Å². The number of nitrogens with one attached hydrogen (secondary N) is 1. The van der Waals surface area contributed by atoms with Crippen LogP contribution in [0.15, 0.2) is 24.3 Å². The molecule has 0 saturated carbocycles. The summed E-state index contributed by atoms with van der Waals surface area (Å²) in [6, 6.07) is 8.33. The van der Waals surface area contributed by atoms with Gasteiger partial charge in [0.25, 0.3) is 5.91 Å². The van der Waals surface area contributed by atoms with Gasteiger partial charge in [-0.1, -0.05) is 41.4 Å². The van der Waals surface area contributed by atoms with Gasteiger partial charge in [0.2, 0.25) is 0 Å². The molecule has 8 nitrogen and oxygen atoms in total. The van der Waals surface area contributed by atoms with Crippen molar-refractivity contribution in [3.05, 3.63) is 46.2 Å². The first-order valence-electron chi connectivity index (χ1n) is 10.8. The van der Waals surface area contributed by atoms with Crippen LogP contribution in [-0.2, 0) is 11.2 Å². The smallest absolute Gasteiger partial charge is 0.273 e. The number of halogens is 1. The van der Waals surface area contributed by atoms with Gasteiger partial charge in [-0.25, -0.2) is 9.97 Å². The van der Waals surface area contributed by atoms with Crippen LogP contribution in [-0.4, -0.2) is 59.9 Å². The van der Waals surface area contributed by atoms with Gasteiger partial charge < -0.3 is 21.3 Å². The van der Waals surface area contributed by atoms with Gasteiger partial charge in [-0.2, -0.15) is 0 Å². The van der Waals surface area contributed by atoms with Crippen molar-refractivity contribution in [1.29, 1.82) is 0 Å². The predicted octanol–water partition coefficient (Wildman–Crippen LogP) is 2.78. The zero-order valence-electron chi connectivity index (χ0n) is 19.2. The van der Waals surface area contributed by atoms with Gasteiger partial charge in [0.15, 0.2) is 22.5 Å². The van der Waals surface area contributed by atoms with E-state index in [4.69, 9.17) is 23.1 Å². The van der Waals surface area contributed by atoms with E-state index in [-0.39, 0.29) is 22.5 Å². The molecule has 0 saturated heterocycles. The number of carbonyl (C=O) groups excluding carboxylic acids is 2. The zero-order chi connectivity index (χ0) is 23.7. The number of nitrogen functional groups attached to an aromatic ring is 2. The van der Waals surface area contributed by atoms with Crippen molar-refractivity contribution in [2.45, 2.75) is 39.0 Å². The number of likely N-dealkylation sites (N-methyl/N-ethyl adjacent to an activating group) is 1. The fourth-order valence-corrected chi connectivity index (χ4v) is 3.43. The second kappa shape index (κ2) is 11.8. The highest BCUT2D eigenvalue weighted by Crippen LogP contribution is 2.17. The Labute approximate surface area is 194 Å². The Morgan fingerprint density at radius 3 is 2.38 bits per heavy atom. The molecule has 174 valence electrons. The Kier molecular flexibility index (Phi) is 9.41. The maximum absolute atomic E-state index is 12.3. The number of Topliss-reactive ketones (excluding diaryl/α,β-unsaturated/α-hetero) is 1. The minimum atomic E-state index is -0.434. The van der Waals surface area contributed by atoms with E-state index in [0.29, 0.717) is 25.2 Å². The standard InChI is InChI=1S/C23H33ClN6O2/c1-16-7-9-17(10-8-16)11-12-18(31)6-4-5-14-30(2,3)15-13-27-23(32)19-21(25)29-22(26)20(24)28-19/h7-10H,4-6,11-15H2,1-3H3,(H4-,25,26,27,29,32)/p+1. The van der Waals surface area contributed by atoms with E-state index in [1.165, 1.54) is 11.1 Å². The lowest BCUT2D eigenvalue weighted by atomic mass is 10.0. The molecule has 0 spiro atoms. The van der Waals surface area contributed by atoms with Crippen LogP contribution in [0.4, 0.5) is 11.6 Å². The molecule has 0 bridgehead atoms. The lowest BCUT2D eigenvalue weighted by molar-refractivity contribution is -0.889. The summed E-state index contributed by atoms with van der Waals surface area (Å²) in [7, 11) is 4.19. The molecule has 0 radical (unpaired) electrons. The van der Waals surface area contributed by atoms with Crippen LogP contribution in [0.1, 0.15) is 47.3 Å². The first-order valence-corrected chi connectivity index (χ1v) is 11.2. The molecule has 0 fully saturated rings. The van der Waals surface area contributed by atoms with E-state index < -0.39 is 5.91 Å². The Morgan fingerprint density at radius 1 is 1.00 bits per heavy atom. The molecular weight excluding hydrogens is 428 g/mol. The largest absolute Gasteiger partial charge is 0.382 e. The number of anilines is 2. The molecule has 2 rings (SSSR count). The molecule has 0 atom stereocenters. The molecule has 0 aliphatic carbocycles. The lowest BCUT2D eigenvalue weighted by Crippen LogP contribution is -2.46. The van der Waals surface area contributed by atoms with E-state index >= 15 is 0 Å². The molecule has 9 heteroatoms. The average Bonchev–Trinajstić information content (AvgIpc) is 2.73. The second-order valence-electron chi connectivity index (χ2n) is 8.75. The van der Waals surface area contributed by atoms with E-state index in [0.717, 1.165) is 36.8 Å². The highest BCUT2D eigenvalue weighted by molar-refractivity contribution is 6.31. The maximum Gasteiger partial charge on any atom is 0.273 e.